The maximum Gasteiger partial charge on any atom is 0.0141 e. The van der Waals surface area contributed by atoms with Crippen LogP contribution in [0.25, 0.3) is 0 Å². The molecular weight excluding hydrogens is 208 g/mol. The second-order valence-corrected chi connectivity index (χ2v) is 6.09. The Labute approximate surface area is 107 Å². The Morgan fingerprint density at radius 1 is 1.12 bits per heavy atom. The lowest BCUT2D eigenvalue weighted by molar-refractivity contribution is 0.0692. The van der Waals surface area contributed by atoms with Gasteiger partial charge in [-0.3, -0.25) is 4.90 Å². The first kappa shape index (κ1) is 13.4. The van der Waals surface area contributed by atoms with Crippen molar-refractivity contribution in [1.29, 1.82) is 0 Å². The zero-order valence-electron chi connectivity index (χ0n) is 11.7. The van der Waals surface area contributed by atoms with Crippen LogP contribution in [0.3, 0.4) is 0 Å². The molecule has 1 saturated heterocycles. The highest BCUT2D eigenvalue weighted by Crippen LogP contribution is 2.37. The van der Waals surface area contributed by atoms with Gasteiger partial charge in [-0.2, -0.15) is 0 Å². The van der Waals surface area contributed by atoms with E-state index in [1.54, 1.807) is 0 Å². The van der Waals surface area contributed by atoms with E-state index in [2.05, 4.69) is 18.7 Å². The van der Waals surface area contributed by atoms with Crippen molar-refractivity contribution < 1.29 is 0 Å². The van der Waals surface area contributed by atoms with Crippen molar-refractivity contribution in [3.05, 3.63) is 0 Å². The molecule has 2 fully saturated rings. The second-order valence-electron chi connectivity index (χ2n) is 6.09. The third-order valence-electron chi connectivity index (χ3n) is 5.26. The average molecular weight is 238 g/mol. The van der Waals surface area contributed by atoms with Crippen LogP contribution in [-0.2, 0) is 0 Å². The quantitative estimate of drug-likeness (QED) is 0.816. The summed E-state index contributed by atoms with van der Waals surface area (Å²) in [4.78, 5) is 2.82. The van der Waals surface area contributed by atoms with Gasteiger partial charge in [0.2, 0.25) is 0 Å². The first-order chi connectivity index (χ1) is 8.30. The van der Waals surface area contributed by atoms with Gasteiger partial charge in [-0.15, -0.1) is 0 Å². The SMILES string of the molecule is CCC1CCC(CN)C(N2CCCC2CC)C1. The van der Waals surface area contributed by atoms with Gasteiger partial charge in [-0.1, -0.05) is 26.7 Å². The molecule has 2 heteroatoms. The van der Waals surface area contributed by atoms with Gasteiger partial charge in [0.25, 0.3) is 0 Å². The maximum atomic E-state index is 6.01. The molecule has 2 N–H and O–H groups in total. The van der Waals surface area contributed by atoms with E-state index in [1.165, 1.54) is 51.5 Å². The standard InChI is InChI=1S/C15H30N2/c1-3-12-7-8-13(11-16)15(10-12)17-9-5-6-14(17)4-2/h12-15H,3-11,16H2,1-2H3. The van der Waals surface area contributed by atoms with Gasteiger partial charge in [-0.25, -0.2) is 0 Å². The minimum atomic E-state index is 0.768. The first-order valence-electron chi connectivity index (χ1n) is 7.75. The van der Waals surface area contributed by atoms with E-state index in [4.69, 9.17) is 5.73 Å². The Morgan fingerprint density at radius 2 is 1.94 bits per heavy atom. The van der Waals surface area contributed by atoms with Crippen LogP contribution in [0.2, 0.25) is 0 Å². The van der Waals surface area contributed by atoms with E-state index in [-0.39, 0.29) is 0 Å². The third kappa shape index (κ3) is 2.85. The molecule has 0 amide bonds. The van der Waals surface area contributed by atoms with Crippen molar-refractivity contribution in [2.45, 2.75) is 70.9 Å². The van der Waals surface area contributed by atoms with Crippen LogP contribution in [0.15, 0.2) is 0 Å². The Bertz CT molecular complexity index is 229. The van der Waals surface area contributed by atoms with Crippen LogP contribution >= 0.6 is 0 Å². The van der Waals surface area contributed by atoms with E-state index in [9.17, 15) is 0 Å². The highest BCUT2D eigenvalue weighted by molar-refractivity contribution is 4.92. The van der Waals surface area contributed by atoms with Crippen molar-refractivity contribution in [2.24, 2.45) is 17.6 Å². The lowest BCUT2D eigenvalue weighted by Crippen LogP contribution is -2.48. The molecule has 0 aromatic rings. The number of nitrogens with two attached hydrogens (primary N) is 1. The zero-order chi connectivity index (χ0) is 12.3. The van der Waals surface area contributed by atoms with Crippen LogP contribution in [0.5, 0.6) is 0 Å². The monoisotopic (exact) mass is 238 g/mol. The smallest absolute Gasteiger partial charge is 0.0141 e. The molecule has 1 saturated carbocycles. The van der Waals surface area contributed by atoms with Gasteiger partial charge in [-0.05, 0) is 57.0 Å². The van der Waals surface area contributed by atoms with E-state index in [0.717, 1.165) is 30.5 Å². The highest BCUT2D eigenvalue weighted by atomic mass is 15.2. The van der Waals surface area contributed by atoms with Crippen molar-refractivity contribution in [2.75, 3.05) is 13.1 Å². The summed E-state index contributed by atoms with van der Waals surface area (Å²) in [6.45, 7) is 6.93. The summed E-state index contributed by atoms with van der Waals surface area (Å²) in [6, 6.07) is 1.65. The van der Waals surface area contributed by atoms with Gasteiger partial charge in [0.1, 0.15) is 0 Å². The highest BCUT2D eigenvalue weighted by Gasteiger charge is 2.37. The molecule has 4 atom stereocenters. The fourth-order valence-electron chi connectivity index (χ4n) is 4.08. The minimum Gasteiger partial charge on any atom is -0.330 e. The van der Waals surface area contributed by atoms with E-state index < -0.39 is 0 Å². The molecule has 0 aromatic carbocycles. The number of likely N-dealkylation sites (tertiary alicyclic amines) is 1. The summed E-state index contributed by atoms with van der Waals surface area (Å²) in [5, 5.41) is 0. The molecule has 0 aromatic heterocycles. The van der Waals surface area contributed by atoms with Crippen molar-refractivity contribution in [3.8, 4) is 0 Å². The Morgan fingerprint density at radius 3 is 2.59 bits per heavy atom. The van der Waals surface area contributed by atoms with Crippen molar-refractivity contribution in [1.82, 2.24) is 4.90 Å². The summed E-state index contributed by atoms with van der Waals surface area (Å²) in [6.07, 6.45) is 9.70. The van der Waals surface area contributed by atoms with Gasteiger partial charge in [0.15, 0.2) is 0 Å². The molecule has 0 radical (unpaired) electrons. The summed E-state index contributed by atoms with van der Waals surface area (Å²) >= 11 is 0. The fraction of sp³-hybridized carbons (Fsp3) is 1.00. The Balaban J connectivity index is 2.03. The zero-order valence-corrected chi connectivity index (χ0v) is 11.7. The topological polar surface area (TPSA) is 29.3 Å². The molecule has 2 rings (SSSR count). The van der Waals surface area contributed by atoms with Crippen LogP contribution in [0.1, 0.15) is 58.8 Å². The molecule has 0 spiro atoms. The van der Waals surface area contributed by atoms with Gasteiger partial charge >= 0.3 is 0 Å². The van der Waals surface area contributed by atoms with E-state index in [0.29, 0.717) is 0 Å². The van der Waals surface area contributed by atoms with E-state index in [1.807, 2.05) is 0 Å². The summed E-state index contributed by atoms with van der Waals surface area (Å²) in [7, 11) is 0. The fourth-order valence-corrected chi connectivity index (χ4v) is 4.08. The van der Waals surface area contributed by atoms with Crippen LogP contribution in [0, 0.1) is 11.8 Å². The van der Waals surface area contributed by atoms with Gasteiger partial charge < -0.3 is 5.73 Å². The average Bonchev–Trinajstić information content (AvgIpc) is 2.86. The maximum absolute atomic E-state index is 6.01. The molecular formula is C15H30N2. The van der Waals surface area contributed by atoms with Gasteiger partial charge in [0, 0.05) is 12.1 Å². The van der Waals surface area contributed by atoms with Crippen molar-refractivity contribution in [3.63, 3.8) is 0 Å². The molecule has 1 heterocycles. The summed E-state index contributed by atoms with van der Waals surface area (Å²) in [5.74, 6) is 1.73. The predicted octanol–water partition coefficient (Wildman–Crippen LogP) is 3.01. The largest absolute Gasteiger partial charge is 0.330 e. The molecule has 100 valence electrons. The molecule has 1 aliphatic carbocycles. The summed E-state index contributed by atoms with van der Waals surface area (Å²) < 4.78 is 0. The molecule has 2 nitrogen and oxygen atoms in total. The number of hydrogen-bond acceptors (Lipinski definition) is 2. The number of rotatable bonds is 4. The van der Waals surface area contributed by atoms with E-state index >= 15 is 0 Å². The minimum absolute atomic E-state index is 0.768. The second kappa shape index (κ2) is 6.19. The first-order valence-corrected chi connectivity index (χ1v) is 7.75. The molecule has 0 bridgehead atoms. The van der Waals surface area contributed by atoms with Crippen LogP contribution < -0.4 is 5.73 Å². The van der Waals surface area contributed by atoms with Gasteiger partial charge in [0.05, 0.1) is 0 Å². The number of nitrogens with zero attached hydrogens (tertiary/aromatic N) is 1. The molecule has 1 aliphatic heterocycles. The third-order valence-corrected chi connectivity index (χ3v) is 5.26. The normalized spacial score (nSPS) is 39.7. The van der Waals surface area contributed by atoms with Crippen LogP contribution in [0.4, 0.5) is 0 Å². The lowest BCUT2D eigenvalue weighted by atomic mass is 9.76. The molecule has 2 aliphatic rings. The number of hydrogen-bond donors (Lipinski definition) is 1. The predicted molar refractivity (Wildman–Crippen MR) is 74.0 cm³/mol. The molecule has 4 unspecified atom stereocenters. The molecule has 17 heavy (non-hydrogen) atoms. The Kier molecular flexibility index (Phi) is 4.87. The summed E-state index contributed by atoms with van der Waals surface area (Å²) in [5.41, 5.74) is 6.01. The van der Waals surface area contributed by atoms with Crippen molar-refractivity contribution >= 4 is 0 Å². The van der Waals surface area contributed by atoms with Crippen LogP contribution in [-0.4, -0.2) is 30.1 Å². The lowest BCUT2D eigenvalue weighted by Gasteiger charge is -2.43. The Hall–Kier alpha value is -0.0800.